The molecule has 1 saturated carbocycles. The van der Waals surface area contributed by atoms with Crippen LogP contribution in [0.1, 0.15) is 32.6 Å². The molecule has 1 aromatic rings. The second kappa shape index (κ2) is 7.11. The van der Waals surface area contributed by atoms with Gasteiger partial charge in [0.05, 0.1) is 6.10 Å². The number of thioether (sulfide) groups is 1. The van der Waals surface area contributed by atoms with Crippen molar-refractivity contribution < 1.29 is 9.53 Å². The Labute approximate surface area is 119 Å². The average Bonchev–Trinajstić information content (AvgIpc) is 2.43. The maximum atomic E-state index is 12.1. The van der Waals surface area contributed by atoms with E-state index in [1.807, 2.05) is 18.2 Å². The molecule has 3 heteroatoms. The van der Waals surface area contributed by atoms with Gasteiger partial charge in [-0.3, -0.25) is 4.79 Å². The lowest BCUT2D eigenvalue weighted by Gasteiger charge is -2.31. The lowest BCUT2D eigenvalue weighted by molar-refractivity contribution is -0.129. The Morgan fingerprint density at radius 1 is 1.26 bits per heavy atom. The molecule has 0 amide bonds. The Bertz CT molecular complexity index is 404. The van der Waals surface area contributed by atoms with Crippen LogP contribution < -0.4 is 0 Å². The fraction of sp³-hybridized carbons (Fsp3) is 0.562. The van der Waals surface area contributed by atoms with Crippen LogP contribution in [-0.4, -0.2) is 24.2 Å². The van der Waals surface area contributed by atoms with E-state index in [1.54, 1.807) is 18.9 Å². The Morgan fingerprint density at radius 2 is 2.00 bits per heavy atom. The summed E-state index contributed by atoms with van der Waals surface area (Å²) >= 11 is 1.79. The number of carbonyl (C=O) groups is 1. The van der Waals surface area contributed by atoms with Gasteiger partial charge in [0, 0.05) is 29.6 Å². The zero-order valence-electron chi connectivity index (χ0n) is 11.7. The molecule has 2 nitrogen and oxygen atoms in total. The van der Waals surface area contributed by atoms with Crippen LogP contribution in [0.4, 0.5) is 0 Å². The Balaban J connectivity index is 2.02. The first kappa shape index (κ1) is 14.6. The minimum atomic E-state index is 0.0259. The molecule has 104 valence electrons. The summed E-state index contributed by atoms with van der Waals surface area (Å²) in [5.41, 5.74) is 0. The first-order valence-corrected chi connectivity index (χ1v) is 7.87. The standard InChI is InChI=1S/C16H22O2S/c1-12(19-13-8-4-3-5-9-13)16(18-2)14-10-6-7-11-15(14)17/h3-5,8-9,12,14,16H,6-7,10-11H2,1-2H3/t12-,14-,16-/m0/s1. The van der Waals surface area contributed by atoms with Gasteiger partial charge in [-0.15, -0.1) is 11.8 Å². The first-order chi connectivity index (χ1) is 9.22. The maximum Gasteiger partial charge on any atom is 0.138 e. The molecule has 0 aliphatic heterocycles. The van der Waals surface area contributed by atoms with Crippen molar-refractivity contribution in [3.05, 3.63) is 30.3 Å². The molecule has 19 heavy (non-hydrogen) atoms. The van der Waals surface area contributed by atoms with Gasteiger partial charge in [0.2, 0.25) is 0 Å². The molecule has 0 spiro atoms. The minimum absolute atomic E-state index is 0.0259. The molecule has 0 aromatic heterocycles. The lowest BCUT2D eigenvalue weighted by atomic mass is 9.83. The average molecular weight is 278 g/mol. The van der Waals surface area contributed by atoms with Crippen LogP contribution in [0.25, 0.3) is 0 Å². The van der Waals surface area contributed by atoms with E-state index in [9.17, 15) is 4.79 Å². The van der Waals surface area contributed by atoms with Gasteiger partial charge in [-0.05, 0) is 25.0 Å². The molecule has 2 rings (SSSR count). The summed E-state index contributed by atoms with van der Waals surface area (Å²) in [7, 11) is 1.73. The van der Waals surface area contributed by atoms with Crippen molar-refractivity contribution in [2.75, 3.05) is 7.11 Å². The molecule has 1 aliphatic rings. The highest BCUT2D eigenvalue weighted by Gasteiger charge is 2.34. The van der Waals surface area contributed by atoms with Gasteiger partial charge in [0.1, 0.15) is 5.78 Å². The van der Waals surface area contributed by atoms with E-state index in [0.717, 1.165) is 25.7 Å². The minimum Gasteiger partial charge on any atom is -0.380 e. The van der Waals surface area contributed by atoms with Crippen LogP contribution in [0.5, 0.6) is 0 Å². The third-order valence-corrected chi connectivity index (χ3v) is 4.98. The Kier molecular flexibility index (Phi) is 5.46. The summed E-state index contributed by atoms with van der Waals surface area (Å²) in [4.78, 5) is 13.3. The molecular formula is C16H22O2S. The number of rotatable bonds is 5. The summed E-state index contributed by atoms with van der Waals surface area (Å²) in [6.07, 6.45) is 3.94. The molecule has 0 bridgehead atoms. The summed E-state index contributed by atoms with van der Waals surface area (Å²) in [5.74, 6) is 0.476. The molecule has 1 aromatic carbocycles. The number of benzene rings is 1. The fourth-order valence-electron chi connectivity index (χ4n) is 2.82. The highest BCUT2D eigenvalue weighted by molar-refractivity contribution is 8.00. The molecule has 0 N–H and O–H groups in total. The Morgan fingerprint density at radius 3 is 2.63 bits per heavy atom. The number of hydrogen-bond donors (Lipinski definition) is 0. The van der Waals surface area contributed by atoms with E-state index in [-0.39, 0.29) is 12.0 Å². The third kappa shape index (κ3) is 3.83. The summed E-state index contributed by atoms with van der Waals surface area (Å²) in [6, 6.07) is 10.3. The second-order valence-electron chi connectivity index (χ2n) is 5.15. The van der Waals surface area contributed by atoms with E-state index in [0.29, 0.717) is 11.0 Å². The topological polar surface area (TPSA) is 26.3 Å². The number of hydrogen-bond acceptors (Lipinski definition) is 3. The number of methoxy groups -OCH3 is 1. The normalized spacial score (nSPS) is 23.1. The van der Waals surface area contributed by atoms with Crippen molar-refractivity contribution in [3.8, 4) is 0 Å². The SMILES string of the molecule is CO[C@@H]([C@H](C)Sc1ccccc1)[C@H]1CCCCC1=O. The highest BCUT2D eigenvalue weighted by Crippen LogP contribution is 2.33. The van der Waals surface area contributed by atoms with Crippen LogP contribution in [0.15, 0.2) is 35.2 Å². The molecule has 0 saturated heterocycles. The molecule has 1 fully saturated rings. The van der Waals surface area contributed by atoms with E-state index < -0.39 is 0 Å². The van der Waals surface area contributed by atoms with Crippen molar-refractivity contribution >= 4 is 17.5 Å². The van der Waals surface area contributed by atoms with Crippen LogP contribution in [0.3, 0.4) is 0 Å². The predicted octanol–water partition coefficient (Wildman–Crippen LogP) is 3.94. The monoisotopic (exact) mass is 278 g/mol. The molecule has 0 heterocycles. The second-order valence-corrected chi connectivity index (χ2v) is 6.61. The smallest absolute Gasteiger partial charge is 0.138 e. The molecule has 1 aliphatic carbocycles. The van der Waals surface area contributed by atoms with Crippen molar-refractivity contribution in [3.63, 3.8) is 0 Å². The largest absolute Gasteiger partial charge is 0.380 e. The van der Waals surface area contributed by atoms with Crippen LogP contribution >= 0.6 is 11.8 Å². The van der Waals surface area contributed by atoms with Gasteiger partial charge in [0.15, 0.2) is 0 Å². The van der Waals surface area contributed by atoms with Crippen molar-refractivity contribution in [1.29, 1.82) is 0 Å². The molecule has 0 unspecified atom stereocenters. The van der Waals surface area contributed by atoms with Crippen LogP contribution in [0, 0.1) is 5.92 Å². The van der Waals surface area contributed by atoms with Gasteiger partial charge >= 0.3 is 0 Å². The predicted molar refractivity (Wildman–Crippen MR) is 79.5 cm³/mol. The molecule has 3 atom stereocenters. The van der Waals surface area contributed by atoms with Gasteiger partial charge in [-0.25, -0.2) is 0 Å². The maximum absolute atomic E-state index is 12.1. The van der Waals surface area contributed by atoms with Gasteiger partial charge in [-0.1, -0.05) is 31.5 Å². The van der Waals surface area contributed by atoms with E-state index in [2.05, 4.69) is 19.1 Å². The number of ketones is 1. The van der Waals surface area contributed by atoms with E-state index in [4.69, 9.17) is 4.74 Å². The van der Waals surface area contributed by atoms with E-state index in [1.165, 1.54) is 4.90 Å². The van der Waals surface area contributed by atoms with Gasteiger partial charge < -0.3 is 4.74 Å². The van der Waals surface area contributed by atoms with Crippen molar-refractivity contribution in [2.24, 2.45) is 5.92 Å². The highest BCUT2D eigenvalue weighted by atomic mass is 32.2. The van der Waals surface area contributed by atoms with Crippen LogP contribution in [-0.2, 0) is 9.53 Å². The van der Waals surface area contributed by atoms with Crippen molar-refractivity contribution in [2.45, 2.75) is 48.9 Å². The molecular weight excluding hydrogens is 256 g/mol. The zero-order chi connectivity index (χ0) is 13.7. The number of carbonyl (C=O) groups excluding carboxylic acids is 1. The van der Waals surface area contributed by atoms with Crippen molar-refractivity contribution in [1.82, 2.24) is 0 Å². The zero-order valence-corrected chi connectivity index (χ0v) is 12.5. The molecule has 0 radical (unpaired) electrons. The Hall–Kier alpha value is -0.800. The summed E-state index contributed by atoms with van der Waals surface area (Å²) < 4.78 is 5.65. The third-order valence-electron chi connectivity index (χ3n) is 3.80. The lowest BCUT2D eigenvalue weighted by Crippen LogP contribution is -2.38. The summed E-state index contributed by atoms with van der Waals surface area (Å²) in [6.45, 7) is 2.16. The van der Waals surface area contributed by atoms with Gasteiger partial charge in [-0.2, -0.15) is 0 Å². The quantitative estimate of drug-likeness (QED) is 0.763. The summed E-state index contributed by atoms with van der Waals surface area (Å²) in [5, 5.41) is 0.291. The van der Waals surface area contributed by atoms with E-state index >= 15 is 0 Å². The van der Waals surface area contributed by atoms with Gasteiger partial charge in [0.25, 0.3) is 0 Å². The van der Waals surface area contributed by atoms with Crippen LogP contribution in [0.2, 0.25) is 0 Å². The number of Topliss-reactive ketones (excluding diaryl/α,β-unsaturated/α-hetero) is 1. The number of ether oxygens (including phenoxy) is 1. The first-order valence-electron chi connectivity index (χ1n) is 6.99. The fourth-order valence-corrected chi connectivity index (χ4v) is 4.00.